The fraction of sp³-hybridized carbons (Fsp3) is 0.333. The van der Waals surface area contributed by atoms with E-state index >= 15 is 0 Å². The largest absolute Gasteiger partial charge is 0.370 e. The number of guanidine groups is 1. The SMILES string of the molecule is CCN(Cc1ccccc1)C(=O)CN=C(N)Nc1ccc2c(c1)CCC2.I. The number of halogens is 1. The van der Waals surface area contributed by atoms with Gasteiger partial charge in [0.05, 0.1) is 0 Å². The molecule has 27 heavy (non-hydrogen) atoms. The number of aryl methyl sites for hydroxylation is 2. The maximum Gasteiger partial charge on any atom is 0.244 e. The number of benzene rings is 2. The van der Waals surface area contributed by atoms with E-state index in [4.69, 9.17) is 5.73 Å². The van der Waals surface area contributed by atoms with Gasteiger partial charge in [-0.15, -0.1) is 24.0 Å². The van der Waals surface area contributed by atoms with Gasteiger partial charge >= 0.3 is 0 Å². The molecule has 0 saturated heterocycles. The zero-order valence-electron chi connectivity index (χ0n) is 15.6. The molecule has 0 spiro atoms. The summed E-state index contributed by atoms with van der Waals surface area (Å²) in [6.07, 6.45) is 3.48. The van der Waals surface area contributed by atoms with Gasteiger partial charge in [0, 0.05) is 18.8 Å². The van der Waals surface area contributed by atoms with Crippen LogP contribution in [0.1, 0.15) is 30.0 Å². The number of anilines is 1. The molecule has 0 atom stereocenters. The average Bonchev–Trinajstić information content (AvgIpc) is 3.13. The molecule has 1 aliphatic carbocycles. The van der Waals surface area contributed by atoms with Crippen LogP contribution in [0.4, 0.5) is 5.69 Å². The van der Waals surface area contributed by atoms with E-state index in [1.54, 1.807) is 4.90 Å². The number of nitrogens with zero attached hydrogens (tertiary/aromatic N) is 2. The molecular weight excluding hydrogens is 451 g/mol. The predicted octanol–water partition coefficient (Wildman–Crippen LogP) is 3.57. The first-order chi connectivity index (χ1) is 12.7. The number of carbonyl (C=O) groups is 1. The molecule has 0 saturated carbocycles. The van der Waals surface area contributed by atoms with Crippen LogP contribution in [0.3, 0.4) is 0 Å². The molecule has 0 heterocycles. The third-order valence-corrected chi connectivity index (χ3v) is 4.71. The summed E-state index contributed by atoms with van der Waals surface area (Å²) in [6.45, 7) is 3.24. The second kappa shape index (κ2) is 10.3. The normalized spacial score (nSPS) is 12.9. The summed E-state index contributed by atoms with van der Waals surface area (Å²) in [7, 11) is 0. The van der Waals surface area contributed by atoms with Gasteiger partial charge in [-0.2, -0.15) is 0 Å². The molecule has 2 aromatic carbocycles. The molecule has 0 fully saturated rings. The van der Waals surface area contributed by atoms with Gasteiger partial charge in [-0.25, -0.2) is 4.99 Å². The zero-order valence-corrected chi connectivity index (χ0v) is 18.0. The van der Waals surface area contributed by atoms with Crippen molar-refractivity contribution in [3.63, 3.8) is 0 Å². The Balaban J connectivity index is 0.00000261. The number of hydrogen-bond donors (Lipinski definition) is 2. The van der Waals surface area contributed by atoms with Crippen LogP contribution in [0, 0.1) is 0 Å². The van der Waals surface area contributed by atoms with Gasteiger partial charge in [-0.1, -0.05) is 36.4 Å². The van der Waals surface area contributed by atoms with Gasteiger partial charge in [-0.05, 0) is 55.0 Å². The molecule has 1 aliphatic rings. The van der Waals surface area contributed by atoms with Gasteiger partial charge in [0.2, 0.25) is 5.91 Å². The third-order valence-electron chi connectivity index (χ3n) is 4.71. The third kappa shape index (κ3) is 5.95. The minimum absolute atomic E-state index is 0. The van der Waals surface area contributed by atoms with Crippen LogP contribution in [0.2, 0.25) is 0 Å². The van der Waals surface area contributed by atoms with Crippen LogP contribution in [-0.4, -0.2) is 29.9 Å². The lowest BCUT2D eigenvalue weighted by Crippen LogP contribution is -2.33. The summed E-state index contributed by atoms with van der Waals surface area (Å²) < 4.78 is 0. The molecular formula is C21H27IN4O. The molecule has 0 bridgehead atoms. The van der Waals surface area contributed by atoms with Gasteiger partial charge in [0.15, 0.2) is 5.96 Å². The number of nitrogens with two attached hydrogens (primary N) is 1. The lowest BCUT2D eigenvalue weighted by molar-refractivity contribution is -0.130. The molecule has 3 N–H and O–H groups in total. The van der Waals surface area contributed by atoms with Crippen LogP contribution in [-0.2, 0) is 24.2 Å². The number of hydrogen-bond acceptors (Lipinski definition) is 2. The summed E-state index contributed by atoms with van der Waals surface area (Å²) in [6, 6.07) is 16.2. The second-order valence-electron chi connectivity index (χ2n) is 6.56. The van der Waals surface area contributed by atoms with Crippen molar-refractivity contribution < 1.29 is 4.79 Å². The lowest BCUT2D eigenvalue weighted by Gasteiger charge is -2.20. The van der Waals surface area contributed by atoms with Gasteiger partial charge < -0.3 is 16.0 Å². The fourth-order valence-electron chi connectivity index (χ4n) is 3.27. The number of rotatable bonds is 6. The number of aliphatic imine (C=N–C) groups is 1. The number of nitrogens with one attached hydrogen (secondary N) is 1. The smallest absolute Gasteiger partial charge is 0.244 e. The van der Waals surface area contributed by atoms with Crippen molar-refractivity contribution in [2.24, 2.45) is 10.7 Å². The van der Waals surface area contributed by atoms with Gasteiger partial charge in [0.1, 0.15) is 6.54 Å². The van der Waals surface area contributed by atoms with E-state index < -0.39 is 0 Å². The first-order valence-electron chi connectivity index (χ1n) is 9.16. The van der Waals surface area contributed by atoms with E-state index in [9.17, 15) is 4.79 Å². The van der Waals surface area contributed by atoms with Crippen LogP contribution in [0.15, 0.2) is 53.5 Å². The molecule has 0 aliphatic heterocycles. The van der Waals surface area contributed by atoms with E-state index in [1.165, 1.54) is 17.5 Å². The van der Waals surface area contributed by atoms with Crippen molar-refractivity contribution in [1.29, 1.82) is 0 Å². The Morgan fingerprint density at radius 1 is 1.15 bits per heavy atom. The Hall–Kier alpha value is -2.09. The van der Waals surface area contributed by atoms with Crippen LogP contribution >= 0.6 is 24.0 Å². The average molecular weight is 478 g/mol. The van der Waals surface area contributed by atoms with Crippen LogP contribution in [0.5, 0.6) is 0 Å². The minimum atomic E-state index is -0.0324. The van der Waals surface area contributed by atoms with E-state index in [0.717, 1.165) is 24.1 Å². The number of amides is 1. The molecule has 1 amide bonds. The highest BCUT2D eigenvalue weighted by molar-refractivity contribution is 14.0. The Labute approximate surface area is 178 Å². The highest BCUT2D eigenvalue weighted by atomic mass is 127. The van der Waals surface area contributed by atoms with Crippen LogP contribution < -0.4 is 11.1 Å². The topological polar surface area (TPSA) is 70.7 Å². The van der Waals surface area contributed by atoms with E-state index in [2.05, 4.69) is 22.4 Å². The summed E-state index contributed by atoms with van der Waals surface area (Å²) in [5, 5.41) is 3.09. The molecule has 2 aromatic rings. The zero-order chi connectivity index (χ0) is 18.4. The molecule has 3 rings (SSSR count). The Bertz CT molecular complexity index is 792. The Kier molecular flexibility index (Phi) is 8.09. The molecule has 144 valence electrons. The van der Waals surface area contributed by atoms with E-state index in [1.807, 2.05) is 43.3 Å². The summed E-state index contributed by atoms with van der Waals surface area (Å²) in [5.41, 5.74) is 10.8. The second-order valence-corrected chi connectivity index (χ2v) is 6.56. The Morgan fingerprint density at radius 3 is 2.63 bits per heavy atom. The number of likely N-dealkylation sites (N-methyl/N-ethyl adjacent to an activating group) is 1. The van der Waals surface area contributed by atoms with Crippen molar-refractivity contribution in [1.82, 2.24) is 4.90 Å². The van der Waals surface area contributed by atoms with Crippen molar-refractivity contribution >= 4 is 41.5 Å². The molecule has 0 radical (unpaired) electrons. The van der Waals surface area contributed by atoms with E-state index in [0.29, 0.717) is 13.1 Å². The fourth-order valence-corrected chi connectivity index (χ4v) is 3.27. The standard InChI is InChI=1S/C21H26N4O.HI/c1-2-25(15-16-7-4-3-5-8-16)20(26)14-23-21(22)24-19-12-11-17-9-6-10-18(17)13-19;/h3-5,7-8,11-13H,2,6,9-10,14-15H2,1H3,(H3,22,23,24);1H. The molecule has 0 unspecified atom stereocenters. The molecule has 6 heteroatoms. The Morgan fingerprint density at radius 2 is 1.89 bits per heavy atom. The first kappa shape index (κ1) is 21.2. The minimum Gasteiger partial charge on any atom is -0.370 e. The highest BCUT2D eigenvalue weighted by Crippen LogP contribution is 2.24. The van der Waals surface area contributed by atoms with Crippen molar-refractivity contribution in [3.8, 4) is 0 Å². The molecule has 5 nitrogen and oxygen atoms in total. The van der Waals surface area contributed by atoms with Gasteiger partial charge in [0.25, 0.3) is 0 Å². The first-order valence-corrected chi connectivity index (χ1v) is 9.16. The van der Waals surface area contributed by atoms with Crippen molar-refractivity contribution in [2.75, 3.05) is 18.4 Å². The van der Waals surface area contributed by atoms with Crippen molar-refractivity contribution in [3.05, 3.63) is 65.2 Å². The van der Waals surface area contributed by atoms with Crippen molar-refractivity contribution in [2.45, 2.75) is 32.7 Å². The highest BCUT2D eigenvalue weighted by Gasteiger charge is 2.13. The van der Waals surface area contributed by atoms with Gasteiger partial charge in [-0.3, -0.25) is 4.79 Å². The lowest BCUT2D eigenvalue weighted by atomic mass is 10.1. The quantitative estimate of drug-likeness (QED) is 0.379. The maximum atomic E-state index is 12.4. The summed E-state index contributed by atoms with van der Waals surface area (Å²) in [4.78, 5) is 18.4. The molecule has 0 aromatic heterocycles. The predicted molar refractivity (Wildman–Crippen MR) is 122 cm³/mol. The monoisotopic (exact) mass is 478 g/mol. The number of carbonyl (C=O) groups excluding carboxylic acids is 1. The summed E-state index contributed by atoms with van der Waals surface area (Å²) in [5.74, 6) is 0.238. The number of fused-ring (bicyclic) bond motifs is 1. The van der Waals surface area contributed by atoms with Crippen LogP contribution in [0.25, 0.3) is 0 Å². The maximum absolute atomic E-state index is 12.4. The summed E-state index contributed by atoms with van der Waals surface area (Å²) >= 11 is 0. The van der Waals surface area contributed by atoms with E-state index in [-0.39, 0.29) is 42.4 Å².